The third-order valence-corrected chi connectivity index (χ3v) is 6.81. The molecule has 8 heteroatoms. The van der Waals surface area contributed by atoms with E-state index in [0.29, 0.717) is 29.3 Å². The van der Waals surface area contributed by atoms with Crippen molar-refractivity contribution in [1.82, 2.24) is 14.3 Å². The van der Waals surface area contributed by atoms with E-state index in [1.165, 1.54) is 29.9 Å². The highest BCUT2D eigenvalue weighted by Crippen LogP contribution is 2.30. The lowest BCUT2D eigenvalue weighted by atomic mass is 10.1. The maximum absolute atomic E-state index is 12.6. The minimum atomic E-state index is -0.289. The molecule has 1 saturated heterocycles. The van der Waals surface area contributed by atoms with Crippen LogP contribution in [-0.4, -0.2) is 38.7 Å². The quantitative estimate of drug-likeness (QED) is 0.748. The Morgan fingerprint density at radius 2 is 2.04 bits per heavy atom. The summed E-state index contributed by atoms with van der Waals surface area (Å²) in [6.45, 7) is 0.531. The molecule has 2 aliphatic rings. The normalized spacial score (nSPS) is 20.4. The van der Waals surface area contributed by atoms with Crippen LogP contribution >= 0.6 is 23.3 Å². The van der Waals surface area contributed by atoms with E-state index in [9.17, 15) is 9.59 Å². The van der Waals surface area contributed by atoms with Crippen molar-refractivity contribution in [3.8, 4) is 0 Å². The lowest BCUT2D eigenvalue weighted by Gasteiger charge is -2.23. The second-order valence-corrected chi connectivity index (χ2v) is 8.73. The van der Waals surface area contributed by atoms with Crippen LogP contribution in [0, 0.1) is 5.92 Å². The average Bonchev–Trinajstić information content (AvgIpc) is 3.41. The van der Waals surface area contributed by atoms with Crippen molar-refractivity contribution in [3.63, 3.8) is 0 Å². The molecule has 0 radical (unpaired) electrons. The molecule has 1 aromatic carbocycles. The highest BCUT2D eigenvalue weighted by molar-refractivity contribution is 7.98. The second-order valence-electron chi connectivity index (χ2n) is 7.03. The number of anilines is 1. The van der Waals surface area contributed by atoms with Crippen molar-refractivity contribution in [2.45, 2.75) is 49.1 Å². The Labute approximate surface area is 166 Å². The van der Waals surface area contributed by atoms with Crippen LogP contribution in [-0.2, 0) is 15.3 Å². The number of carbonyl (C=O) groups is 2. The number of hydrogen-bond acceptors (Lipinski definition) is 6. The zero-order chi connectivity index (χ0) is 18.6. The van der Waals surface area contributed by atoms with E-state index in [1.807, 2.05) is 23.1 Å². The van der Waals surface area contributed by atoms with E-state index in [1.54, 1.807) is 11.8 Å². The largest absolute Gasteiger partial charge is 0.339 e. The van der Waals surface area contributed by atoms with Crippen LogP contribution in [0.25, 0.3) is 0 Å². The number of amides is 2. The van der Waals surface area contributed by atoms with E-state index in [2.05, 4.69) is 26.8 Å². The molecule has 1 aliphatic heterocycles. The van der Waals surface area contributed by atoms with Gasteiger partial charge in [-0.3, -0.25) is 9.59 Å². The van der Waals surface area contributed by atoms with Crippen molar-refractivity contribution in [1.29, 1.82) is 0 Å². The lowest BCUT2D eigenvalue weighted by Crippen LogP contribution is -2.35. The molecule has 0 unspecified atom stereocenters. The molecule has 0 spiro atoms. The van der Waals surface area contributed by atoms with Crippen LogP contribution in [0.2, 0.25) is 0 Å². The van der Waals surface area contributed by atoms with Crippen LogP contribution in [0.1, 0.15) is 37.7 Å². The van der Waals surface area contributed by atoms with E-state index in [4.69, 9.17) is 0 Å². The van der Waals surface area contributed by atoms with Gasteiger partial charge < -0.3 is 10.2 Å². The van der Waals surface area contributed by atoms with Crippen molar-refractivity contribution in [3.05, 3.63) is 35.9 Å². The van der Waals surface area contributed by atoms with E-state index in [0.717, 1.165) is 18.6 Å². The third-order valence-electron chi connectivity index (χ3n) is 5.14. The van der Waals surface area contributed by atoms with Crippen molar-refractivity contribution < 1.29 is 9.59 Å². The summed E-state index contributed by atoms with van der Waals surface area (Å²) in [6.07, 6.45) is 4.80. The second kappa shape index (κ2) is 8.39. The molecule has 142 valence electrons. The number of rotatable bonds is 6. The third kappa shape index (κ3) is 4.50. The van der Waals surface area contributed by atoms with E-state index >= 15 is 0 Å². The predicted octanol–water partition coefficient (Wildman–Crippen LogP) is 3.56. The van der Waals surface area contributed by atoms with E-state index < -0.39 is 0 Å². The maximum atomic E-state index is 12.6. The average molecular weight is 403 g/mol. The fourth-order valence-electron chi connectivity index (χ4n) is 3.73. The fraction of sp³-hybridized carbons (Fsp3) is 0.474. The number of benzene rings is 1. The molecule has 1 aromatic heterocycles. The molecule has 0 bridgehead atoms. The molecule has 1 aliphatic carbocycles. The topological polar surface area (TPSA) is 75.2 Å². The summed E-state index contributed by atoms with van der Waals surface area (Å²) in [7, 11) is 0. The molecule has 6 nitrogen and oxygen atoms in total. The number of carbonyl (C=O) groups excluding carboxylic acids is 2. The van der Waals surface area contributed by atoms with Gasteiger partial charge in [0.15, 0.2) is 0 Å². The van der Waals surface area contributed by atoms with Crippen LogP contribution in [0.3, 0.4) is 0 Å². The first-order valence-corrected chi connectivity index (χ1v) is 11.1. The van der Waals surface area contributed by atoms with Crippen molar-refractivity contribution in [2.24, 2.45) is 5.92 Å². The Bertz CT molecular complexity index is 805. The van der Waals surface area contributed by atoms with Crippen molar-refractivity contribution >= 4 is 40.2 Å². The SMILES string of the molecule is O=C(Nc1nc(SCc2ccccc2)ns1)[C@H]1CC(=O)N(C2CCCC2)C1. The van der Waals surface area contributed by atoms with Gasteiger partial charge in [0.1, 0.15) is 0 Å². The van der Waals surface area contributed by atoms with Crippen molar-refractivity contribution in [2.75, 3.05) is 11.9 Å². The van der Waals surface area contributed by atoms with Crippen LogP contribution in [0.4, 0.5) is 5.13 Å². The minimum absolute atomic E-state index is 0.110. The molecule has 4 rings (SSSR count). The first-order valence-electron chi connectivity index (χ1n) is 9.30. The number of thioether (sulfide) groups is 1. The molecular formula is C19H22N4O2S2. The minimum Gasteiger partial charge on any atom is -0.339 e. The predicted molar refractivity (Wildman–Crippen MR) is 107 cm³/mol. The smallest absolute Gasteiger partial charge is 0.231 e. The molecule has 1 atom stereocenters. The molecule has 27 heavy (non-hydrogen) atoms. The Morgan fingerprint density at radius 3 is 2.81 bits per heavy atom. The van der Waals surface area contributed by atoms with E-state index in [-0.39, 0.29) is 17.7 Å². The van der Waals surface area contributed by atoms with Gasteiger partial charge in [-0.05, 0) is 18.4 Å². The van der Waals surface area contributed by atoms with Gasteiger partial charge in [-0.25, -0.2) is 0 Å². The first-order chi connectivity index (χ1) is 13.2. The number of nitrogens with zero attached hydrogens (tertiary/aromatic N) is 3. The van der Waals surface area contributed by atoms with Crippen LogP contribution in [0.15, 0.2) is 35.5 Å². The number of aromatic nitrogens is 2. The molecule has 2 heterocycles. The number of likely N-dealkylation sites (tertiary alicyclic amines) is 1. The zero-order valence-electron chi connectivity index (χ0n) is 15.0. The summed E-state index contributed by atoms with van der Waals surface area (Å²) < 4.78 is 4.31. The molecule has 1 saturated carbocycles. The molecular weight excluding hydrogens is 380 g/mol. The number of nitrogens with one attached hydrogen (secondary N) is 1. The van der Waals surface area contributed by atoms with Gasteiger partial charge in [-0.2, -0.15) is 9.36 Å². The van der Waals surface area contributed by atoms with Gasteiger partial charge in [0.25, 0.3) is 0 Å². The summed E-state index contributed by atoms with van der Waals surface area (Å²) >= 11 is 2.73. The number of hydrogen-bond donors (Lipinski definition) is 1. The van der Waals surface area contributed by atoms with Crippen LogP contribution < -0.4 is 5.32 Å². The summed E-state index contributed by atoms with van der Waals surface area (Å²) in [6, 6.07) is 10.5. The summed E-state index contributed by atoms with van der Waals surface area (Å²) in [5.74, 6) is 0.485. The standard InChI is InChI=1S/C19H22N4O2S2/c24-16-10-14(11-23(16)15-8-4-5-9-15)17(25)20-18-21-19(22-27-18)26-12-13-6-2-1-3-7-13/h1-3,6-7,14-15H,4-5,8-12H2,(H,20,21,22,25)/t14-/m0/s1. The monoisotopic (exact) mass is 402 g/mol. The van der Waals surface area contributed by atoms with Gasteiger partial charge in [-0.1, -0.05) is 54.9 Å². The molecule has 2 amide bonds. The van der Waals surface area contributed by atoms with Gasteiger partial charge in [0.05, 0.1) is 5.92 Å². The highest BCUT2D eigenvalue weighted by atomic mass is 32.2. The molecule has 2 aromatic rings. The van der Waals surface area contributed by atoms with Crippen LogP contribution in [0.5, 0.6) is 0 Å². The zero-order valence-corrected chi connectivity index (χ0v) is 16.6. The van der Waals surface area contributed by atoms with Gasteiger partial charge in [0, 0.05) is 36.3 Å². The Kier molecular flexibility index (Phi) is 5.73. The summed E-state index contributed by atoms with van der Waals surface area (Å²) in [5.41, 5.74) is 1.21. The maximum Gasteiger partial charge on any atom is 0.231 e. The molecule has 1 N–H and O–H groups in total. The Hall–Kier alpha value is -1.93. The Balaban J connectivity index is 1.29. The lowest BCUT2D eigenvalue weighted by molar-refractivity contribution is -0.129. The fourth-order valence-corrected chi connectivity index (χ4v) is 5.23. The summed E-state index contributed by atoms with van der Waals surface area (Å²) in [5, 5.41) is 4.01. The highest BCUT2D eigenvalue weighted by Gasteiger charge is 2.38. The summed E-state index contributed by atoms with van der Waals surface area (Å²) in [4.78, 5) is 31.1. The molecule has 2 fully saturated rings. The van der Waals surface area contributed by atoms with Gasteiger partial charge in [-0.15, -0.1) is 0 Å². The Morgan fingerprint density at radius 1 is 1.26 bits per heavy atom. The van der Waals surface area contributed by atoms with Gasteiger partial charge >= 0.3 is 0 Å². The first kappa shape index (κ1) is 18.4. The van der Waals surface area contributed by atoms with Gasteiger partial charge in [0.2, 0.25) is 22.1 Å².